The molecule has 2 bridgehead atoms. The van der Waals surface area contributed by atoms with E-state index in [0.717, 1.165) is 73.6 Å². The molecule has 6 nitrogen and oxygen atoms in total. The molecule has 1 N–H and O–H groups in total. The normalized spacial score (nSPS) is 15.9. The van der Waals surface area contributed by atoms with Crippen LogP contribution in [0, 0.1) is 0 Å². The van der Waals surface area contributed by atoms with Gasteiger partial charge in [0.15, 0.2) is 11.5 Å². The number of carbonyl (C=O) groups is 1. The molecule has 0 saturated heterocycles. The average Bonchev–Trinajstić information content (AvgIpc) is 3.34. The first kappa shape index (κ1) is 24.2. The highest BCUT2D eigenvalue weighted by Crippen LogP contribution is 2.32. The Kier molecular flexibility index (Phi) is 7.72. The Bertz CT molecular complexity index is 1210. The number of benzene rings is 3. The van der Waals surface area contributed by atoms with E-state index >= 15 is 0 Å². The van der Waals surface area contributed by atoms with Crippen molar-refractivity contribution in [3.05, 3.63) is 88.5 Å². The van der Waals surface area contributed by atoms with Crippen LogP contribution in [0.2, 0.25) is 0 Å². The van der Waals surface area contributed by atoms with Gasteiger partial charge in [-0.3, -0.25) is 4.79 Å². The maximum Gasteiger partial charge on any atom is 0.251 e. The second kappa shape index (κ2) is 11.5. The molecule has 2 aliphatic heterocycles. The van der Waals surface area contributed by atoms with Gasteiger partial charge < -0.3 is 24.4 Å². The van der Waals surface area contributed by atoms with Crippen molar-refractivity contribution < 1.29 is 19.0 Å². The minimum Gasteiger partial charge on any atom is -0.493 e. The molecule has 0 unspecified atom stereocenters. The van der Waals surface area contributed by atoms with Gasteiger partial charge in [0, 0.05) is 25.1 Å². The van der Waals surface area contributed by atoms with Crippen LogP contribution in [0.25, 0.3) is 0 Å². The Morgan fingerprint density at radius 2 is 1.75 bits per heavy atom. The van der Waals surface area contributed by atoms with E-state index in [9.17, 15) is 4.79 Å². The Morgan fingerprint density at radius 1 is 0.889 bits per heavy atom. The summed E-state index contributed by atoms with van der Waals surface area (Å²) in [6, 6.07) is 20.4. The summed E-state index contributed by atoms with van der Waals surface area (Å²) >= 11 is 0. The van der Waals surface area contributed by atoms with Crippen molar-refractivity contribution in [2.24, 2.45) is 0 Å². The van der Waals surface area contributed by atoms with Gasteiger partial charge in [0.05, 0.1) is 6.61 Å². The van der Waals surface area contributed by atoms with E-state index in [-0.39, 0.29) is 12.7 Å². The molecular weight excluding hydrogens is 452 g/mol. The van der Waals surface area contributed by atoms with E-state index in [2.05, 4.69) is 41.5 Å². The van der Waals surface area contributed by atoms with Gasteiger partial charge in [-0.15, -0.1) is 0 Å². The van der Waals surface area contributed by atoms with Crippen molar-refractivity contribution in [2.75, 3.05) is 33.5 Å². The average molecular weight is 487 g/mol. The number of hydrogen-bond donors (Lipinski definition) is 1. The van der Waals surface area contributed by atoms with Gasteiger partial charge in [-0.1, -0.05) is 30.3 Å². The van der Waals surface area contributed by atoms with Crippen molar-refractivity contribution >= 4 is 5.91 Å². The lowest BCUT2D eigenvalue weighted by molar-refractivity contribution is 0.0954. The largest absolute Gasteiger partial charge is 0.493 e. The van der Waals surface area contributed by atoms with Crippen LogP contribution in [0.5, 0.6) is 17.2 Å². The summed E-state index contributed by atoms with van der Waals surface area (Å²) in [5.41, 5.74) is 5.33. The fourth-order valence-electron chi connectivity index (χ4n) is 4.81. The third kappa shape index (κ3) is 6.18. The van der Waals surface area contributed by atoms with E-state index < -0.39 is 0 Å². The molecule has 2 aliphatic rings. The predicted octanol–water partition coefficient (Wildman–Crippen LogP) is 4.97. The SMILES string of the molecule is CN1CCCCCOc2ccc(C(=O)NCCc3ccc4c(c3)OCO4)cc2Cc2cccc(c2)C1. The number of amides is 1. The highest BCUT2D eigenvalue weighted by molar-refractivity contribution is 5.94. The van der Waals surface area contributed by atoms with E-state index in [1.165, 1.54) is 11.1 Å². The van der Waals surface area contributed by atoms with Gasteiger partial charge in [-0.25, -0.2) is 0 Å². The van der Waals surface area contributed by atoms with Gasteiger partial charge in [-0.05, 0) is 91.9 Å². The molecule has 0 spiro atoms. The maximum absolute atomic E-state index is 13.0. The standard InChI is InChI=1S/C30H34N2O4/c1-32-14-3-2-4-15-34-27-11-9-25(19-26(27)17-23-6-5-7-24(16-23)20-32)30(33)31-13-12-22-8-10-28-29(18-22)36-21-35-28/h5-11,16,18-19H,2-4,12-15,17,20-21H2,1H3,(H,31,33). The van der Waals surface area contributed by atoms with Gasteiger partial charge in [0.1, 0.15) is 5.75 Å². The molecule has 5 rings (SSSR count). The summed E-state index contributed by atoms with van der Waals surface area (Å²) < 4.78 is 17.0. The monoisotopic (exact) mass is 486 g/mol. The van der Waals surface area contributed by atoms with Crippen LogP contribution in [0.15, 0.2) is 60.7 Å². The number of nitrogens with zero attached hydrogens (tertiary/aromatic N) is 1. The fraction of sp³-hybridized carbons (Fsp3) is 0.367. The lowest BCUT2D eigenvalue weighted by Crippen LogP contribution is -2.25. The second-order valence-electron chi connectivity index (χ2n) is 9.66. The summed E-state index contributed by atoms with van der Waals surface area (Å²) in [5.74, 6) is 2.33. The van der Waals surface area contributed by atoms with Gasteiger partial charge >= 0.3 is 0 Å². The highest BCUT2D eigenvalue weighted by atomic mass is 16.7. The number of nitrogens with one attached hydrogen (secondary N) is 1. The predicted molar refractivity (Wildman–Crippen MR) is 140 cm³/mol. The number of hydrogen-bond acceptors (Lipinski definition) is 5. The molecule has 36 heavy (non-hydrogen) atoms. The molecule has 0 fully saturated rings. The Hall–Kier alpha value is -3.51. The molecule has 0 aliphatic carbocycles. The Labute approximate surface area is 213 Å². The van der Waals surface area contributed by atoms with Crippen LogP contribution >= 0.6 is 0 Å². The van der Waals surface area contributed by atoms with Crippen LogP contribution in [0.1, 0.15) is 51.9 Å². The summed E-state index contributed by atoms with van der Waals surface area (Å²) in [4.78, 5) is 15.4. The number of fused-ring (bicyclic) bond motifs is 4. The van der Waals surface area contributed by atoms with Gasteiger partial charge in [0.25, 0.3) is 5.91 Å². The van der Waals surface area contributed by atoms with Crippen molar-refractivity contribution in [3.8, 4) is 17.2 Å². The van der Waals surface area contributed by atoms with Gasteiger partial charge in [0.2, 0.25) is 6.79 Å². The zero-order chi connectivity index (χ0) is 24.7. The quantitative estimate of drug-likeness (QED) is 0.564. The smallest absolute Gasteiger partial charge is 0.251 e. The van der Waals surface area contributed by atoms with E-state index in [0.29, 0.717) is 18.7 Å². The lowest BCUT2D eigenvalue weighted by Gasteiger charge is -2.19. The second-order valence-corrected chi connectivity index (χ2v) is 9.66. The molecule has 2 heterocycles. The van der Waals surface area contributed by atoms with Gasteiger partial charge in [-0.2, -0.15) is 0 Å². The molecule has 188 valence electrons. The Balaban J connectivity index is 1.28. The van der Waals surface area contributed by atoms with E-state index in [1.54, 1.807) is 0 Å². The van der Waals surface area contributed by atoms with Crippen LogP contribution in [-0.2, 0) is 19.4 Å². The summed E-state index contributed by atoms with van der Waals surface area (Å²) in [5, 5.41) is 3.06. The molecule has 3 aromatic rings. The lowest BCUT2D eigenvalue weighted by atomic mass is 9.99. The topological polar surface area (TPSA) is 60.0 Å². The minimum atomic E-state index is -0.0756. The minimum absolute atomic E-state index is 0.0756. The molecule has 6 heteroatoms. The van der Waals surface area contributed by atoms with Crippen molar-refractivity contribution in [2.45, 2.75) is 38.6 Å². The molecule has 0 atom stereocenters. The first-order valence-electron chi connectivity index (χ1n) is 12.8. The van der Waals surface area contributed by atoms with E-state index in [4.69, 9.17) is 14.2 Å². The first-order chi connectivity index (χ1) is 17.6. The highest BCUT2D eigenvalue weighted by Gasteiger charge is 2.15. The molecular formula is C30H34N2O4. The zero-order valence-electron chi connectivity index (χ0n) is 20.9. The summed E-state index contributed by atoms with van der Waals surface area (Å²) in [6.45, 7) is 3.54. The molecule has 0 aromatic heterocycles. The van der Waals surface area contributed by atoms with Crippen LogP contribution in [-0.4, -0.2) is 44.3 Å². The van der Waals surface area contributed by atoms with E-state index in [1.807, 2.05) is 36.4 Å². The number of ether oxygens (including phenoxy) is 3. The van der Waals surface area contributed by atoms with Crippen LogP contribution < -0.4 is 19.5 Å². The third-order valence-electron chi connectivity index (χ3n) is 6.74. The molecule has 3 aromatic carbocycles. The fourth-order valence-corrected chi connectivity index (χ4v) is 4.81. The van der Waals surface area contributed by atoms with Crippen LogP contribution in [0.3, 0.4) is 0 Å². The third-order valence-corrected chi connectivity index (χ3v) is 6.74. The zero-order valence-corrected chi connectivity index (χ0v) is 20.9. The summed E-state index contributed by atoms with van der Waals surface area (Å²) in [6.07, 6.45) is 4.78. The molecule has 1 amide bonds. The number of rotatable bonds is 4. The molecule has 0 radical (unpaired) electrons. The molecule has 0 saturated carbocycles. The Morgan fingerprint density at radius 3 is 2.69 bits per heavy atom. The maximum atomic E-state index is 13.0. The first-order valence-corrected chi connectivity index (χ1v) is 12.8. The van der Waals surface area contributed by atoms with Crippen molar-refractivity contribution in [1.29, 1.82) is 0 Å². The van der Waals surface area contributed by atoms with Crippen LogP contribution in [0.4, 0.5) is 0 Å². The van der Waals surface area contributed by atoms with Crippen molar-refractivity contribution in [1.82, 2.24) is 10.2 Å². The summed E-state index contributed by atoms with van der Waals surface area (Å²) in [7, 11) is 2.18. The number of carbonyl (C=O) groups excluding carboxylic acids is 1. The van der Waals surface area contributed by atoms with Crippen molar-refractivity contribution in [3.63, 3.8) is 0 Å².